The van der Waals surface area contributed by atoms with Crippen LogP contribution in [0.25, 0.3) is 0 Å². The highest BCUT2D eigenvalue weighted by molar-refractivity contribution is 6.04. The average molecular weight is 394 g/mol. The van der Waals surface area contributed by atoms with Gasteiger partial charge in [-0.2, -0.15) is 0 Å². The predicted molar refractivity (Wildman–Crippen MR) is 108 cm³/mol. The molecule has 0 atom stereocenters. The highest BCUT2D eigenvalue weighted by Crippen LogP contribution is 2.32. The van der Waals surface area contributed by atoms with Gasteiger partial charge in [0.25, 0.3) is 11.6 Å². The Balaban J connectivity index is 0.00000364. The Kier molecular flexibility index (Phi) is 7.75. The number of hydrogen-bond acceptors (Lipinski definition) is 5. The number of hydrogen-bond donors (Lipinski definition) is 2. The molecule has 7 nitrogen and oxygen atoms in total. The summed E-state index contributed by atoms with van der Waals surface area (Å²) in [4.78, 5) is 23.3. The van der Waals surface area contributed by atoms with Gasteiger partial charge in [-0.25, -0.2) is 0 Å². The molecule has 146 valence electrons. The Morgan fingerprint density at radius 1 is 1.19 bits per heavy atom. The van der Waals surface area contributed by atoms with Crippen LogP contribution in [0.2, 0.25) is 0 Å². The van der Waals surface area contributed by atoms with Crippen molar-refractivity contribution in [3.63, 3.8) is 0 Å². The molecule has 2 aromatic rings. The molecule has 27 heavy (non-hydrogen) atoms. The number of nitro benzene ring substituents is 1. The van der Waals surface area contributed by atoms with Crippen LogP contribution in [0.15, 0.2) is 42.5 Å². The fourth-order valence-electron chi connectivity index (χ4n) is 2.47. The van der Waals surface area contributed by atoms with Crippen LogP contribution in [0.3, 0.4) is 0 Å². The number of benzene rings is 2. The largest absolute Gasteiger partial charge is 0.492 e. The molecule has 0 heterocycles. The first kappa shape index (κ1) is 22.4. The van der Waals surface area contributed by atoms with E-state index in [1.807, 2.05) is 20.8 Å². The maximum Gasteiger partial charge on any atom is 0.273 e. The number of halogens is 1. The summed E-state index contributed by atoms with van der Waals surface area (Å²) in [6.07, 6.45) is 0. The molecule has 0 fully saturated rings. The molecule has 8 heteroatoms. The van der Waals surface area contributed by atoms with Gasteiger partial charge in [-0.15, -0.1) is 12.4 Å². The fourth-order valence-corrected chi connectivity index (χ4v) is 2.47. The van der Waals surface area contributed by atoms with Gasteiger partial charge < -0.3 is 15.8 Å². The summed E-state index contributed by atoms with van der Waals surface area (Å²) in [5.41, 5.74) is 6.31. The van der Waals surface area contributed by atoms with Gasteiger partial charge >= 0.3 is 0 Å². The van der Waals surface area contributed by atoms with Crippen LogP contribution in [-0.4, -0.2) is 24.0 Å². The minimum atomic E-state index is -0.457. The second-order valence-electron chi connectivity index (χ2n) is 6.85. The number of ether oxygens (including phenoxy) is 1. The normalized spacial score (nSPS) is 10.7. The predicted octanol–water partition coefficient (Wildman–Crippen LogP) is 3.90. The van der Waals surface area contributed by atoms with E-state index in [9.17, 15) is 14.9 Å². The zero-order valence-corrected chi connectivity index (χ0v) is 16.3. The topological polar surface area (TPSA) is 107 Å². The first-order valence-electron chi connectivity index (χ1n) is 8.25. The highest BCUT2D eigenvalue weighted by atomic mass is 35.5. The molecular weight excluding hydrogens is 370 g/mol. The molecule has 0 unspecified atom stereocenters. The van der Waals surface area contributed by atoms with Crippen molar-refractivity contribution in [2.75, 3.05) is 18.5 Å². The Bertz CT molecular complexity index is 802. The average Bonchev–Trinajstić information content (AvgIpc) is 2.59. The van der Waals surface area contributed by atoms with Gasteiger partial charge in [0.2, 0.25) is 0 Å². The van der Waals surface area contributed by atoms with E-state index in [4.69, 9.17) is 10.5 Å². The van der Waals surface area contributed by atoms with Gasteiger partial charge in [-0.05, 0) is 35.7 Å². The number of rotatable bonds is 6. The lowest BCUT2D eigenvalue weighted by molar-refractivity contribution is -0.386. The van der Waals surface area contributed by atoms with E-state index in [0.717, 1.165) is 0 Å². The van der Waals surface area contributed by atoms with Crippen LogP contribution < -0.4 is 15.8 Å². The Labute approximate surface area is 164 Å². The van der Waals surface area contributed by atoms with Crippen LogP contribution >= 0.6 is 12.4 Å². The Hall–Kier alpha value is -2.64. The summed E-state index contributed by atoms with van der Waals surface area (Å²) in [5.74, 6) is 0.239. The second-order valence-corrected chi connectivity index (χ2v) is 6.85. The lowest BCUT2D eigenvalue weighted by Gasteiger charge is -2.19. The number of nitrogens with two attached hydrogens (primary N) is 1. The third-order valence-electron chi connectivity index (χ3n) is 3.76. The van der Waals surface area contributed by atoms with Gasteiger partial charge in [-0.1, -0.05) is 26.8 Å². The minimum Gasteiger partial charge on any atom is -0.492 e. The van der Waals surface area contributed by atoms with Crippen LogP contribution in [0.1, 0.15) is 36.7 Å². The summed E-state index contributed by atoms with van der Waals surface area (Å²) in [6, 6.07) is 11.4. The summed E-state index contributed by atoms with van der Waals surface area (Å²) in [6.45, 7) is 6.51. The molecule has 0 aliphatic rings. The maximum absolute atomic E-state index is 12.4. The molecule has 0 saturated heterocycles. The number of anilines is 1. The van der Waals surface area contributed by atoms with Crippen molar-refractivity contribution in [3.05, 3.63) is 63.7 Å². The molecule has 0 aromatic heterocycles. The Morgan fingerprint density at radius 3 is 2.33 bits per heavy atom. The standard InChI is InChI=1S/C19H23N3O4.ClH/c1-19(2,3)16-9-4-13(12-17(16)22(24)25)18(23)21-14-5-7-15(8-6-14)26-11-10-20;/h4-9,12H,10-11,20H2,1-3H3,(H,21,23);1H. The number of carbonyl (C=O) groups excluding carboxylic acids is 1. The molecule has 0 spiro atoms. The van der Waals surface area contributed by atoms with E-state index in [1.54, 1.807) is 36.4 Å². The van der Waals surface area contributed by atoms with E-state index in [-0.39, 0.29) is 23.7 Å². The van der Waals surface area contributed by atoms with Gasteiger partial charge in [0.1, 0.15) is 12.4 Å². The summed E-state index contributed by atoms with van der Waals surface area (Å²) >= 11 is 0. The molecule has 0 saturated carbocycles. The van der Waals surface area contributed by atoms with Crippen LogP contribution in [0.5, 0.6) is 5.75 Å². The van der Waals surface area contributed by atoms with Crippen molar-refractivity contribution in [2.24, 2.45) is 5.73 Å². The fraction of sp³-hybridized carbons (Fsp3) is 0.316. The number of nitro groups is 1. The lowest BCUT2D eigenvalue weighted by atomic mass is 9.85. The van der Waals surface area contributed by atoms with Crippen molar-refractivity contribution in [2.45, 2.75) is 26.2 Å². The molecule has 0 bridgehead atoms. The van der Waals surface area contributed by atoms with E-state index < -0.39 is 16.2 Å². The summed E-state index contributed by atoms with van der Waals surface area (Å²) < 4.78 is 5.37. The third kappa shape index (κ3) is 5.94. The van der Waals surface area contributed by atoms with Crippen molar-refractivity contribution in [1.29, 1.82) is 0 Å². The molecule has 0 aliphatic carbocycles. The second kappa shape index (κ2) is 9.34. The highest BCUT2D eigenvalue weighted by Gasteiger charge is 2.26. The van der Waals surface area contributed by atoms with E-state index in [0.29, 0.717) is 30.2 Å². The molecule has 2 rings (SSSR count). The zero-order valence-electron chi connectivity index (χ0n) is 15.5. The monoisotopic (exact) mass is 393 g/mol. The molecule has 0 aliphatic heterocycles. The quantitative estimate of drug-likeness (QED) is 0.571. The summed E-state index contributed by atoms with van der Waals surface area (Å²) in [7, 11) is 0. The van der Waals surface area contributed by atoms with E-state index in [1.165, 1.54) is 6.07 Å². The van der Waals surface area contributed by atoms with E-state index >= 15 is 0 Å². The van der Waals surface area contributed by atoms with E-state index in [2.05, 4.69) is 5.32 Å². The SMILES string of the molecule is CC(C)(C)c1ccc(C(=O)Nc2ccc(OCCN)cc2)cc1[N+](=O)[O-].Cl. The molecular formula is C19H24ClN3O4. The number of carbonyl (C=O) groups is 1. The molecule has 3 N–H and O–H groups in total. The van der Waals surface area contributed by atoms with Crippen LogP contribution in [0.4, 0.5) is 11.4 Å². The van der Waals surface area contributed by atoms with Crippen LogP contribution in [-0.2, 0) is 5.41 Å². The van der Waals surface area contributed by atoms with Gasteiger partial charge in [0.05, 0.1) is 4.92 Å². The molecule has 2 aromatic carbocycles. The molecule has 1 amide bonds. The number of nitrogens with zero attached hydrogens (tertiary/aromatic N) is 1. The van der Waals surface area contributed by atoms with Gasteiger partial charge in [0.15, 0.2) is 0 Å². The van der Waals surface area contributed by atoms with Crippen molar-refractivity contribution >= 4 is 29.7 Å². The van der Waals surface area contributed by atoms with Gasteiger partial charge in [-0.3, -0.25) is 14.9 Å². The van der Waals surface area contributed by atoms with Crippen molar-refractivity contribution < 1.29 is 14.5 Å². The smallest absolute Gasteiger partial charge is 0.273 e. The minimum absolute atomic E-state index is 0. The first-order chi connectivity index (χ1) is 12.2. The third-order valence-corrected chi connectivity index (χ3v) is 3.76. The Morgan fingerprint density at radius 2 is 1.81 bits per heavy atom. The zero-order chi connectivity index (χ0) is 19.3. The number of amides is 1. The van der Waals surface area contributed by atoms with Crippen molar-refractivity contribution in [1.82, 2.24) is 0 Å². The summed E-state index contributed by atoms with van der Waals surface area (Å²) in [5, 5.41) is 14.1. The van der Waals surface area contributed by atoms with Gasteiger partial charge in [0, 0.05) is 29.4 Å². The maximum atomic E-state index is 12.4. The lowest BCUT2D eigenvalue weighted by Crippen LogP contribution is -2.16. The van der Waals surface area contributed by atoms with Crippen LogP contribution in [0, 0.1) is 10.1 Å². The first-order valence-corrected chi connectivity index (χ1v) is 8.25. The van der Waals surface area contributed by atoms with Crippen molar-refractivity contribution in [3.8, 4) is 5.75 Å². The number of nitrogens with one attached hydrogen (secondary N) is 1. The molecule has 0 radical (unpaired) electrons.